The average molecular weight is 262 g/mol. The van der Waals surface area contributed by atoms with Crippen molar-refractivity contribution in [2.75, 3.05) is 13.1 Å². The van der Waals surface area contributed by atoms with E-state index in [9.17, 15) is 4.79 Å². The minimum absolute atomic E-state index is 0. The topological polar surface area (TPSA) is 67.2 Å². The van der Waals surface area contributed by atoms with Gasteiger partial charge in [0.15, 0.2) is 0 Å². The number of rotatable bonds is 6. The van der Waals surface area contributed by atoms with E-state index in [1.165, 1.54) is 0 Å². The van der Waals surface area contributed by atoms with Crippen LogP contribution in [0, 0.1) is 6.92 Å². The van der Waals surface area contributed by atoms with Crippen LogP contribution in [0.3, 0.4) is 0 Å². The van der Waals surface area contributed by atoms with Crippen LogP contribution in [0.1, 0.15) is 25.3 Å². The fourth-order valence-corrected chi connectivity index (χ4v) is 1.42. The molecule has 1 heterocycles. The minimum atomic E-state index is -0.0296. The molecule has 0 unspecified atom stereocenters. The lowest BCUT2D eigenvalue weighted by atomic mass is 10.2. The molecule has 1 aromatic heterocycles. The van der Waals surface area contributed by atoms with Crippen LogP contribution in [0.2, 0.25) is 0 Å². The maximum Gasteiger partial charge on any atom is 0.226 e. The predicted molar refractivity (Wildman–Crippen MR) is 68.3 cm³/mol. The molecule has 1 aromatic rings. The number of aryl methyl sites for hydroxylation is 1. The molecule has 2 N–H and O–H groups in total. The molecule has 5 nitrogen and oxygen atoms in total. The second kappa shape index (κ2) is 8.08. The second-order valence-corrected chi connectivity index (χ2v) is 3.87. The van der Waals surface area contributed by atoms with Crippen LogP contribution in [0.4, 0.5) is 0 Å². The Kier molecular flexibility index (Phi) is 7.58. The van der Waals surface area contributed by atoms with Gasteiger partial charge in [0.1, 0.15) is 5.76 Å². The quantitative estimate of drug-likeness (QED) is 0.804. The van der Waals surface area contributed by atoms with Gasteiger partial charge in [-0.05, 0) is 20.4 Å². The molecule has 0 aliphatic carbocycles. The molecule has 1 rings (SSSR count). The first-order valence-electron chi connectivity index (χ1n) is 5.54. The molecule has 0 aromatic carbocycles. The maximum absolute atomic E-state index is 11.5. The third kappa shape index (κ3) is 6.28. The average Bonchev–Trinajstić information content (AvgIpc) is 2.61. The number of nitrogens with one attached hydrogen (secondary N) is 2. The molecule has 0 radical (unpaired) electrons. The van der Waals surface area contributed by atoms with Gasteiger partial charge in [-0.15, -0.1) is 12.4 Å². The van der Waals surface area contributed by atoms with E-state index >= 15 is 0 Å². The van der Waals surface area contributed by atoms with E-state index in [0.717, 1.165) is 12.3 Å². The summed E-state index contributed by atoms with van der Waals surface area (Å²) < 4.78 is 4.89. The second-order valence-electron chi connectivity index (χ2n) is 3.87. The largest absolute Gasteiger partial charge is 0.361 e. The Bertz CT molecular complexity index is 341. The lowest BCUT2D eigenvalue weighted by Gasteiger charge is -2.12. The number of nitrogens with zero attached hydrogens (tertiary/aromatic N) is 1. The Hall–Kier alpha value is -1.07. The lowest BCUT2D eigenvalue weighted by molar-refractivity contribution is -0.120. The summed E-state index contributed by atoms with van der Waals surface area (Å²) in [4.78, 5) is 11.5. The van der Waals surface area contributed by atoms with E-state index in [0.29, 0.717) is 12.2 Å². The molecular formula is C11H20ClN3O2. The highest BCUT2D eigenvalue weighted by Crippen LogP contribution is 2.01. The summed E-state index contributed by atoms with van der Waals surface area (Å²) >= 11 is 0. The number of likely N-dealkylation sites (N-methyl/N-ethyl adjacent to an activating group) is 1. The zero-order valence-electron chi connectivity index (χ0n) is 10.4. The van der Waals surface area contributed by atoms with Crippen molar-refractivity contribution in [2.24, 2.45) is 0 Å². The molecule has 1 amide bonds. The Morgan fingerprint density at radius 1 is 1.59 bits per heavy atom. The summed E-state index contributed by atoms with van der Waals surface area (Å²) in [7, 11) is 0. The van der Waals surface area contributed by atoms with Gasteiger partial charge in [-0.25, -0.2) is 0 Å². The van der Waals surface area contributed by atoms with Gasteiger partial charge in [-0.3, -0.25) is 4.79 Å². The standard InChI is InChI=1S/C11H19N3O2.ClH/c1-4-12-8(2)7-13-11(15)6-10-5-9(3)16-14-10;/h5,8,12H,4,6-7H2,1-3H3,(H,13,15);1H/t8-;/m1./s1. The van der Waals surface area contributed by atoms with Crippen molar-refractivity contribution in [1.82, 2.24) is 15.8 Å². The molecule has 0 aliphatic heterocycles. The first kappa shape index (κ1) is 15.9. The zero-order valence-corrected chi connectivity index (χ0v) is 11.3. The van der Waals surface area contributed by atoms with Crippen LogP contribution in [0.25, 0.3) is 0 Å². The molecule has 0 fully saturated rings. The smallest absolute Gasteiger partial charge is 0.226 e. The van der Waals surface area contributed by atoms with Crippen molar-refractivity contribution in [2.45, 2.75) is 33.2 Å². The molecule has 1 atom stereocenters. The molecule has 6 heteroatoms. The van der Waals surface area contributed by atoms with Crippen molar-refractivity contribution in [3.05, 3.63) is 17.5 Å². The SMILES string of the molecule is CCN[C@H](C)CNC(=O)Cc1cc(C)on1.Cl. The summed E-state index contributed by atoms with van der Waals surface area (Å²) in [5, 5.41) is 9.83. The van der Waals surface area contributed by atoms with E-state index < -0.39 is 0 Å². The van der Waals surface area contributed by atoms with Crippen molar-refractivity contribution < 1.29 is 9.32 Å². The first-order chi connectivity index (χ1) is 7.61. The summed E-state index contributed by atoms with van der Waals surface area (Å²) in [6, 6.07) is 2.06. The van der Waals surface area contributed by atoms with Gasteiger partial charge >= 0.3 is 0 Å². The number of aromatic nitrogens is 1. The van der Waals surface area contributed by atoms with Crippen LogP contribution < -0.4 is 10.6 Å². The summed E-state index contributed by atoms with van der Waals surface area (Å²) in [6.07, 6.45) is 0.274. The fraction of sp³-hybridized carbons (Fsp3) is 0.636. The summed E-state index contributed by atoms with van der Waals surface area (Å²) in [5.41, 5.74) is 0.672. The molecule has 0 aliphatic rings. The zero-order chi connectivity index (χ0) is 12.0. The number of hydrogen-bond acceptors (Lipinski definition) is 4. The first-order valence-corrected chi connectivity index (χ1v) is 5.54. The van der Waals surface area contributed by atoms with Crippen molar-refractivity contribution >= 4 is 18.3 Å². The highest BCUT2D eigenvalue weighted by atomic mass is 35.5. The Morgan fingerprint density at radius 3 is 2.82 bits per heavy atom. The molecule has 0 saturated heterocycles. The van der Waals surface area contributed by atoms with Crippen LogP contribution in [-0.2, 0) is 11.2 Å². The summed E-state index contributed by atoms with van der Waals surface area (Å²) in [5.74, 6) is 0.696. The third-order valence-electron chi connectivity index (χ3n) is 2.18. The summed E-state index contributed by atoms with van der Waals surface area (Å²) in [6.45, 7) is 7.41. The van der Waals surface area contributed by atoms with Crippen molar-refractivity contribution in [3.63, 3.8) is 0 Å². The Balaban J connectivity index is 0.00000256. The fourth-order valence-electron chi connectivity index (χ4n) is 1.42. The van der Waals surface area contributed by atoms with Gasteiger partial charge in [0.25, 0.3) is 0 Å². The molecule has 98 valence electrons. The van der Waals surface area contributed by atoms with E-state index in [1.54, 1.807) is 6.07 Å². The molecule has 0 spiro atoms. The molecular weight excluding hydrogens is 242 g/mol. The number of halogens is 1. The van der Waals surface area contributed by atoms with Crippen LogP contribution in [0.5, 0.6) is 0 Å². The number of hydrogen-bond donors (Lipinski definition) is 2. The van der Waals surface area contributed by atoms with E-state index in [4.69, 9.17) is 4.52 Å². The molecule has 17 heavy (non-hydrogen) atoms. The maximum atomic E-state index is 11.5. The highest BCUT2D eigenvalue weighted by Gasteiger charge is 2.08. The lowest BCUT2D eigenvalue weighted by Crippen LogP contribution is -2.39. The highest BCUT2D eigenvalue weighted by molar-refractivity contribution is 5.85. The van der Waals surface area contributed by atoms with E-state index in [2.05, 4.69) is 15.8 Å². The monoisotopic (exact) mass is 261 g/mol. The Labute approximate surface area is 108 Å². The van der Waals surface area contributed by atoms with Gasteiger partial charge in [-0.2, -0.15) is 0 Å². The van der Waals surface area contributed by atoms with Crippen LogP contribution in [-0.4, -0.2) is 30.2 Å². The van der Waals surface area contributed by atoms with Gasteiger partial charge in [0.2, 0.25) is 5.91 Å². The van der Waals surface area contributed by atoms with E-state index in [-0.39, 0.29) is 30.8 Å². The number of carbonyl (C=O) groups is 1. The van der Waals surface area contributed by atoms with Gasteiger partial charge in [0.05, 0.1) is 12.1 Å². The number of carbonyl (C=O) groups excluding carboxylic acids is 1. The van der Waals surface area contributed by atoms with Crippen molar-refractivity contribution in [1.29, 1.82) is 0 Å². The minimum Gasteiger partial charge on any atom is -0.361 e. The van der Waals surface area contributed by atoms with Crippen LogP contribution in [0.15, 0.2) is 10.6 Å². The van der Waals surface area contributed by atoms with Gasteiger partial charge < -0.3 is 15.2 Å². The normalized spacial score (nSPS) is 11.7. The van der Waals surface area contributed by atoms with Crippen molar-refractivity contribution in [3.8, 4) is 0 Å². The van der Waals surface area contributed by atoms with E-state index in [1.807, 2.05) is 20.8 Å². The van der Waals surface area contributed by atoms with Gasteiger partial charge in [0, 0.05) is 18.7 Å². The Morgan fingerprint density at radius 2 is 2.29 bits per heavy atom. The predicted octanol–water partition coefficient (Wildman–Crippen LogP) is 1.06. The molecule has 0 bridgehead atoms. The van der Waals surface area contributed by atoms with Crippen LogP contribution >= 0.6 is 12.4 Å². The van der Waals surface area contributed by atoms with Gasteiger partial charge in [-0.1, -0.05) is 12.1 Å². The molecule has 0 saturated carbocycles. The number of amides is 1. The third-order valence-corrected chi connectivity index (χ3v) is 2.18.